The molecule has 1 aliphatic heterocycles. The van der Waals surface area contributed by atoms with Crippen molar-refractivity contribution in [2.24, 2.45) is 0 Å². The first-order valence-electron chi connectivity index (χ1n) is 9.06. The summed E-state index contributed by atoms with van der Waals surface area (Å²) in [7, 11) is 0. The maximum atomic E-state index is 12.9. The third-order valence-electron chi connectivity index (χ3n) is 4.88. The Balaban J connectivity index is 1.68. The highest BCUT2D eigenvalue weighted by atomic mass is 19.4. The van der Waals surface area contributed by atoms with Gasteiger partial charge in [0.1, 0.15) is 0 Å². The summed E-state index contributed by atoms with van der Waals surface area (Å²) in [6, 6.07) is 8.46. The van der Waals surface area contributed by atoms with Gasteiger partial charge in [0, 0.05) is 25.3 Å². The maximum absolute atomic E-state index is 12.9. The van der Waals surface area contributed by atoms with Crippen molar-refractivity contribution in [1.82, 2.24) is 20.1 Å². The average Bonchev–Trinajstić information content (AvgIpc) is 3.32. The highest BCUT2D eigenvalue weighted by molar-refractivity contribution is 5.90. The minimum absolute atomic E-state index is 0.0246. The second kappa shape index (κ2) is 7.23. The van der Waals surface area contributed by atoms with Crippen molar-refractivity contribution < 1.29 is 18.0 Å². The number of nitrogens with zero attached hydrogens (tertiary/aromatic N) is 4. The molecular weight excluding hydrogens is 383 g/mol. The Morgan fingerprint density at radius 2 is 2.00 bits per heavy atom. The monoisotopic (exact) mass is 401 g/mol. The Bertz CT molecular complexity index is 1060. The smallest absolute Gasteiger partial charge is 0.352 e. The Hall–Kier alpha value is -3.36. The first kappa shape index (κ1) is 19.0. The van der Waals surface area contributed by atoms with E-state index in [0.29, 0.717) is 30.2 Å². The molecule has 1 N–H and O–H groups in total. The lowest BCUT2D eigenvalue weighted by molar-refractivity contribution is -0.137. The number of carbonyl (C=O) groups is 1. The molecule has 3 heterocycles. The molecule has 2 aromatic heterocycles. The van der Waals surface area contributed by atoms with E-state index in [1.54, 1.807) is 16.9 Å². The Morgan fingerprint density at radius 3 is 2.69 bits per heavy atom. The van der Waals surface area contributed by atoms with E-state index in [1.165, 1.54) is 18.2 Å². The van der Waals surface area contributed by atoms with Gasteiger partial charge in [-0.25, -0.2) is 9.67 Å². The molecular formula is C20H18F3N5O. The molecule has 1 atom stereocenters. The number of fused-ring (bicyclic) bond motifs is 1. The van der Waals surface area contributed by atoms with Crippen molar-refractivity contribution in [3.63, 3.8) is 0 Å². The zero-order chi connectivity index (χ0) is 20.6. The van der Waals surface area contributed by atoms with Crippen LogP contribution in [0.1, 0.15) is 12.0 Å². The van der Waals surface area contributed by atoms with Crippen molar-refractivity contribution in [3.8, 4) is 5.69 Å². The van der Waals surface area contributed by atoms with Crippen LogP contribution in [-0.2, 0) is 11.0 Å². The van der Waals surface area contributed by atoms with E-state index < -0.39 is 11.7 Å². The number of nitrogens with one attached hydrogen (secondary N) is 1. The lowest BCUT2D eigenvalue weighted by atomic mass is 10.2. The SMILES string of the molecule is C=CC(=O)NC1CCN(c2nn(-c3ccc(C(F)(F)F)cc3)c3ncccc23)C1. The standard InChI is InChI=1S/C20H18F3N5O/c1-2-17(29)25-14-9-11-27(12-14)19-16-4-3-10-24-18(16)28(26-19)15-7-5-13(6-8-15)20(21,22)23/h2-8,10,14H,1,9,11-12H2,(H,25,29). The van der Waals surface area contributed by atoms with Crippen molar-refractivity contribution in [3.05, 3.63) is 60.8 Å². The fraction of sp³-hybridized carbons (Fsp3) is 0.250. The summed E-state index contributed by atoms with van der Waals surface area (Å²) in [5, 5.41) is 8.31. The summed E-state index contributed by atoms with van der Waals surface area (Å²) in [5.41, 5.74) is 0.329. The summed E-state index contributed by atoms with van der Waals surface area (Å²) in [6.07, 6.45) is -0.782. The normalized spacial score (nSPS) is 16.9. The van der Waals surface area contributed by atoms with Crippen LogP contribution in [-0.4, -0.2) is 39.8 Å². The molecule has 150 valence electrons. The van der Waals surface area contributed by atoms with E-state index in [2.05, 4.69) is 22.0 Å². The molecule has 3 aromatic rings. The number of rotatable bonds is 4. The van der Waals surface area contributed by atoms with Gasteiger partial charge >= 0.3 is 6.18 Å². The van der Waals surface area contributed by atoms with Gasteiger partial charge in [-0.1, -0.05) is 6.58 Å². The van der Waals surface area contributed by atoms with E-state index in [1.807, 2.05) is 11.0 Å². The predicted octanol–water partition coefficient (Wildman–Crippen LogP) is 3.32. The van der Waals surface area contributed by atoms with Crippen LogP contribution in [0, 0.1) is 0 Å². The van der Waals surface area contributed by atoms with Gasteiger partial charge in [0.2, 0.25) is 5.91 Å². The number of alkyl halides is 3. The van der Waals surface area contributed by atoms with Crippen LogP contribution in [0.5, 0.6) is 0 Å². The molecule has 0 radical (unpaired) electrons. The quantitative estimate of drug-likeness (QED) is 0.682. The number of hydrogen-bond acceptors (Lipinski definition) is 4. The molecule has 1 aromatic carbocycles. The lowest BCUT2D eigenvalue weighted by Gasteiger charge is -2.16. The van der Waals surface area contributed by atoms with E-state index in [4.69, 9.17) is 0 Å². The fourth-order valence-corrected chi connectivity index (χ4v) is 3.47. The molecule has 9 heteroatoms. The number of hydrogen-bond donors (Lipinski definition) is 1. The molecule has 1 saturated heterocycles. The van der Waals surface area contributed by atoms with Gasteiger partial charge in [0.25, 0.3) is 0 Å². The molecule has 29 heavy (non-hydrogen) atoms. The molecule has 1 fully saturated rings. The molecule has 1 aliphatic rings. The largest absolute Gasteiger partial charge is 0.416 e. The first-order chi connectivity index (χ1) is 13.9. The fourth-order valence-electron chi connectivity index (χ4n) is 3.47. The van der Waals surface area contributed by atoms with Crippen LogP contribution in [0.3, 0.4) is 0 Å². The number of amides is 1. The highest BCUT2D eigenvalue weighted by Gasteiger charge is 2.31. The molecule has 0 spiro atoms. The number of anilines is 1. The van der Waals surface area contributed by atoms with Gasteiger partial charge in [0.05, 0.1) is 16.6 Å². The van der Waals surface area contributed by atoms with Crippen molar-refractivity contribution in [2.45, 2.75) is 18.6 Å². The van der Waals surface area contributed by atoms with Gasteiger partial charge < -0.3 is 10.2 Å². The minimum atomic E-state index is -4.39. The van der Waals surface area contributed by atoms with Gasteiger partial charge in [-0.3, -0.25) is 4.79 Å². The molecule has 4 rings (SSSR count). The molecule has 0 bridgehead atoms. The predicted molar refractivity (Wildman–Crippen MR) is 103 cm³/mol. The van der Waals surface area contributed by atoms with Crippen molar-refractivity contribution in [2.75, 3.05) is 18.0 Å². The van der Waals surface area contributed by atoms with Crippen LogP contribution in [0.15, 0.2) is 55.3 Å². The summed E-state index contributed by atoms with van der Waals surface area (Å²) in [6.45, 7) is 4.73. The number of carbonyl (C=O) groups excluding carboxylic acids is 1. The molecule has 1 unspecified atom stereocenters. The minimum Gasteiger partial charge on any atom is -0.352 e. The van der Waals surface area contributed by atoms with Gasteiger partial charge in [-0.15, -0.1) is 5.10 Å². The zero-order valence-corrected chi connectivity index (χ0v) is 15.4. The first-order valence-corrected chi connectivity index (χ1v) is 9.06. The zero-order valence-electron chi connectivity index (χ0n) is 15.4. The topological polar surface area (TPSA) is 63.1 Å². The van der Waals surface area contributed by atoms with Gasteiger partial charge in [-0.2, -0.15) is 13.2 Å². The van der Waals surface area contributed by atoms with E-state index in [0.717, 1.165) is 23.9 Å². The second-order valence-corrected chi connectivity index (χ2v) is 6.80. The number of aromatic nitrogens is 3. The maximum Gasteiger partial charge on any atom is 0.416 e. The van der Waals surface area contributed by atoms with E-state index in [-0.39, 0.29) is 11.9 Å². The Kier molecular flexibility index (Phi) is 4.73. The lowest BCUT2D eigenvalue weighted by Crippen LogP contribution is -2.36. The Morgan fingerprint density at radius 1 is 1.24 bits per heavy atom. The number of halogens is 3. The summed E-state index contributed by atoms with van der Waals surface area (Å²) >= 11 is 0. The molecule has 1 amide bonds. The van der Waals surface area contributed by atoms with Crippen LogP contribution in [0.4, 0.5) is 19.0 Å². The van der Waals surface area contributed by atoms with Crippen LogP contribution in [0.2, 0.25) is 0 Å². The second-order valence-electron chi connectivity index (χ2n) is 6.80. The molecule has 0 saturated carbocycles. The highest BCUT2D eigenvalue weighted by Crippen LogP contribution is 2.32. The molecule has 6 nitrogen and oxygen atoms in total. The summed E-state index contributed by atoms with van der Waals surface area (Å²) in [5.74, 6) is 0.460. The number of benzene rings is 1. The van der Waals surface area contributed by atoms with E-state index >= 15 is 0 Å². The van der Waals surface area contributed by atoms with Crippen molar-refractivity contribution in [1.29, 1.82) is 0 Å². The molecule has 0 aliphatic carbocycles. The van der Waals surface area contributed by atoms with Crippen molar-refractivity contribution >= 4 is 22.8 Å². The Labute approximate surface area is 164 Å². The van der Waals surface area contributed by atoms with Crippen LogP contribution in [0.25, 0.3) is 16.7 Å². The van der Waals surface area contributed by atoms with Gasteiger partial charge in [-0.05, 0) is 48.9 Å². The third kappa shape index (κ3) is 3.67. The average molecular weight is 401 g/mol. The van der Waals surface area contributed by atoms with Gasteiger partial charge in [0.15, 0.2) is 11.5 Å². The van der Waals surface area contributed by atoms with E-state index in [9.17, 15) is 18.0 Å². The summed E-state index contributed by atoms with van der Waals surface area (Å²) < 4.78 is 40.1. The number of pyridine rings is 1. The summed E-state index contributed by atoms with van der Waals surface area (Å²) in [4.78, 5) is 18.0. The third-order valence-corrected chi connectivity index (χ3v) is 4.88. The van der Waals surface area contributed by atoms with Crippen LogP contribution < -0.4 is 10.2 Å². The van der Waals surface area contributed by atoms with Crippen LogP contribution >= 0.6 is 0 Å².